The summed E-state index contributed by atoms with van der Waals surface area (Å²) in [5, 5.41) is 22.1. The quantitative estimate of drug-likeness (QED) is 0.410. The molecule has 0 saturated carbocycles. The van der Waals surface area contributed by atoms with Gasteiger partial charge in [-0.25, -0.2) is 8.78 Å². The van der Waals surface area contributed by atoms with Crippen LogP contribution in [0.3, 0.4) is 0 Å². The summed E-state index contributed by atoms with van der Waals surface area (Å²) in [7, 11) is 1.55. The third-order valence-electron chi connectivity index (χ3n) is 7.02. The zero-order valence-corrected chi connectivity index (χ0v) is 21.1. The topological polar surface area (TPSA) is 82.9 Å². The van der Waals surface area contributed by atoms with E-state index in [0.29, 0.717) is 59.7 Å². The van der Waals surface area contributed by atoms with E-state index in [9.17, 15) is 23.8 Å². The molecule has 2 aromatic carbocycles. The lowest BCUT2D eigenvalue weighted by Crippen LogP contribution is -2.44. The van der Waals surface area contributed by atoms with Crippen molar-refractivity contribution < 1.29 is 28.5 Å². The molecule has 0 amide bonds. The minimum Gasteiger partial charge on any atom is -0.497 e. The molecule has 1 aromatic heterocycles. The number of benzene rings is 2. The Morgan fingerprint density at radius 3 is 2.68 bits per heavy atom. The van der Waals surface area contributed by atoms with Crippen LogP contribution in [0.25, 0.3) is 10.9 Å². The molecule has 37 heavy (non-hydrogen) atoms. The highest BCUT2D eigenvalue weighted by Crippen LogP contribution is 2.41. The Bertz CT molecular complexity index is 1360. The summed E-state index contributed by atoms with van der Waals surface area (Å²) in [5.41, 5.74) is 0.294. The van der Waals surface area contributed by atoms with Crippen molar-refractivity contribution in [2.75, 3.05) is 26.7 Å². The van der Waals surface area contributed by atoms with Gasteiger partial charge in [-0.1, -0.05) is 23.4 Å². The summed E-state index contributed by atoms with van der Waals surface area (Å²) in [6, 6.07) is 8.55. The van der Waals surface area contributed by atoms with E-state index in [-0.39, 0.29) is 18.4 Å². The number of pyridine rings is 1. The average Bonchev–Trinajstić information content (AvgIpc) is 2.88. The van der Waals surface area contributed by atoms with Crippen LogP contribution in [-0.2, 0) is 4.79 Å². The maximum atomic E-state index is 13.8. The molecule has 0 bridgehead atoms. The molecule has 1 fully saturated rings. The number of hydrogen-bond acceptors (Lipinski definition) is 5. The van der Waals surface area contributed by atoms with E-state index in [1.807, 2.05) is 4.90 Å². The molecule has 4 rings (SSSR count). The molecule has 0 aliphatic carbocycles. The highest BCUT2D eigenvalue weighted by molar-refractivity contribution is 6.32. The molecular weight excluding hydrogens is 502 g/mol. The minimum atomic E-state index is -0.985. The number of ether oxygens (including phenoxy) is 1. The maximum absolute atomic E-state index is 13.8. The van der Waals surface area contributed by atoms with Crippen LogP contribution in [0.15, 0.2) is 42.6 Å². The number of fused-ring (bicyclic) bond motifs is 1. The highest BCUT2D eigenvalue weighted by atomic mass is 35.5. The number of carboxylic acids is 1. The predicted octanol–water partition coefficient (Wildman–Crippen LogP) is 5.21. The number of carboxylic acid groups (broad SMARTS) is 1. The Balaban J connectivity index is 1.41. The predicted molar refractivity (Wildman–Crippen MR) is 136 cm³/mol. The van der Waals surface area contributed by atoms with Crippen molar-refractivity contribution in [2.24, 2.45) is 5.41 Å². The molecule has 2 heterocycles. The van der Waals surface area contributed by atoms with E-state index >= 15 is 0 Å². The zero-order valence-electron chi connectivity index (χ0n) is 20.3. The SMILES string of the molecule is COc1ccc2ncc(Cl)c(C(O)CCC3(C(=O)O)CCN(CC#Cc4ccc(F)cc4F)CC3)c2c1. The fourth-order valence-corrected chi connectivity index (χ4v) is 5.01. The van der Waals surface area contributed by atoms with Gasteiger partial charge in [0.15, 0.2) is 0 Å². The number of methoxy groups -OCH3 is 1. The Morgan fingerprint density at radius 1 is 1.24 bits per heavy atom. The van der Waals surface area contributed by atoms with Crippen LogP contribution in [0.1, 0.15) is 42.9 Å². The fourth-order valence-electron chi connectivity index (χ4n) is 4.74. The van der Waals surface area contributed by atoms with Gasteiger partial charge in [0.2, 0.25) is 0 Å². The summed E-state index contributed by atoms with van der Waals surface area (Å²) in [4.78, 5) is 18.6. The maximum Gasteiger partial charge on any atom is 0.309 e. The van der Waals surface area contributed by atoms with Gasteiger partial charge >= 0.3 is 5.97 Å². The molecule has 1 aliphatic heterocycles. The third kappa shape index (κ3) is 6.02. The number of likely N-dealkylation sites (tertiary alicyclic amines) is 1. The highest BCUT2D eigenvalue weighted by Gasteiger charge is 2.41. The monoisotopic (exact) mass is 528 g/mol. The summed E-state index contributed by atoms with van der Waals surface area (Å²) in [6.45, 7) is 1.34. The van der Waals surface area contributed by atoms with Crippen LogP contribution < -0.4 is 4.74 Å². The molecule has 3 aromatic rings. The van der Waals surface area contributed by atoms with Gasteiger partial charge in [-0.3, -0.25) is 14.7 Å². The second-order valence-electron chi connectivity index (χ2n) is 9.24. The van der Waals surface area contributed by atoms with Gasteiger partial charge in [-0.05, 0) is 56.0 Å². The van der Waals surface area contributed by atoms with Crippen molar-refractivity contribution in [3.63, 3.8) is 0 Å². The average molecular weight is 529 g/mol. The van der Waals surface area contributed by atoms with Crippen LogP contribution in [0.4, 0.5) is 8.78 Å². The summed E-state index contributed by atoms with van der Waals surface area (Å²) < 4.78 is 32.1. The van der Waals surface area contributed by atoms with E-state index in [0.717, 1.165) is 12.1 Å². The van der Waals surface area contributed by atoms with Gasteiger partial charge in [0.05, 0.1) is 41.3 Å². The van der Waals surface area contributed by atoms with E-state index in [1.165, 1.54) is 12.3 Å². The van der Waals surface area contributed by atoms with Crippen molar-refractivity contribution in [2.45, 2.75) is 31.8 Å². The molecule has 1 atom stereocenters. The molecule has 2 N–H and O–H groups in total. The smallest absolute Gasteiger partial charge is 0.309 e. The molecule has 194 valence electrons. The zero-order chi connectivity index (χ0) is 26.6. The van der Waals surface area contributed by atoms with Gasteiger partial charge in [-0.2, -0.15) is 0 Å². The minimum absolute atomic E-state index is 0.118. The Morgan fingerprint density at radius 2 is 2.00 bits per heavy atom. The number of hydrogen-bond donors (Lipinski definition) is 2. The summed E-state index contributed by atoms with van der Waals surface area (Å²) in [5.74, 6) is 3.93. The largest absolute Gasteiger partial charge is 0.497 e. The van der Waals surface area contributed by atoms with Crippen LogP contribution >= 0.6 is 11.6 Å². The first-order valence-corrected chi connectivity index (χ1v) is 12.3. The Labute approximate surface area is 218 Å². The lowest BCUT2D eigenvalue weighted by molar-refractivity contribution is -0.153. The second-order valence-corrected chi connectivity index (χ2v) is 9.65. The normalized spacial score (nSPS) is 16.1. The number of carbonyl (C=O) groups is 1. The van der Waals surface area contributed by atoms with Gasteiger partial charge in [0, 0.05) is 36.3 Å². The van der Waals surface area contributed by atoms with Gasteiger partial charge < -0.3 is 14.9 Å². The first-order chi connectivity index (χ1) is 17.7. The lowest BCUT2D eigenvalue weighted by atomic mass is 9.74. The number of halogens is 3. The van der Waals surface area contributed by atoms with E-state index in [1.54, 1.807) is 25.3 Å². The third-order valence-corrected chi connectivity index (χ3v) is 7.32. The number of aliphatic carboxylic acids is 1. The molecule has 0 spiro atoms. The molecule has 0 radical (unpaired) electrons. The van der Waals surface area contributed by atoms with Gasteiger partial charge in [0.25, 0.3) is 0 Å². The van der Waals surface area contributed by atoms with Crippen molar-refractivity contribution in [3.8, 4) is 17.6 Å². The van der Waals surface area contributed by atoms with Crippen molar-refractivity contribution >= 4 is 28.5 Å². The number of aliphatic hydroxyl groups excluding tert-OH is 1. The Kier molecular flexibility index (Phi) is 8.28. The van der Waals surface area contributed by atoms with Crippen molar-refractivity contribution in [1.82, 2.24) is 9.88 Å². The van der Waals surface area contributed by atoms with Crippen LogP contribution in [-0.4, -0.2) is 52.8 Å². The number of rotatable bonds is 7. The standard InChI is InChI=1S/C28H27ClF2N2O4/c1-37-20-6-7-24-21(16-20)26(22(29)17-32-24)25(34)8-9-28(27(35)36)10-13-33(14-11-28)12-2-3-18-4-5-19(30)15-23(18)31/h4-7,15-17,25,34H,8-14H2,1H3,(H,35,36). The van der Waals surface area contributed by atoms with E-state index < -0.39 is 29.1 Å². The first-order valence-electron chi connectivity index (χ1n) is 11.9. The fraction of sp³-hybridized carbons (Fsp3) is 0.357. The second kappa shape index (κ2) is 11.4. The molecular formula is C28H27ClF2N2O4. The van der Waals surface area contributed by atoms with Gasteiger partial charge in [0.1, 0.15) is 17.4 Å². The summed E-state index contributed by atoms with van der Waals surface area (Å²) in [6.07, 6.45) is 1.77. The Hall–Kier alpha value is -3.25. The molecule has 1 unspecified atom stereocenters. The molecule has 1 aliphatic rings. The van der Waals surface area contributed by atoms with Crippen molar-refractivity contribution in [3.05, 3.63) is 70.4 Å². The number of aromatic nitrogens is 1. The van der Waals surface area contributed by atoms with E-state index in [4.69, 9.17) is 16.3 Å². The summed E-state index contributed by atoms with van der Waals surface area (Å²) >= 11 is 6.40. The van der Waals surface area contributed by atoms with Crippen LogP contribution in [0.2, 0.25) is 5.02 Å². The van der Waals surface area contributed by atoms with Crippen molar-refractivity contribution in [1.29, 1.82) is 0 Å². The number of piperidine rings is 1. The first kappa shape index (κ1) is 26.8. The van der Waals surface area contributed by atoms with Crippen LogP contribution in [0, 0.1) is 28.9 Å². The lowest BCUT2D eigenvalue weighted by Gasteiger charge is -2.38. The number of nitrogens with zero attached hydrogens (tertiary/aromatic N) is 2. The molecule has 1 saturated heterocycles. The van der Waals surface area contributed by atoms with Gasteiger partial charge in [-0.15, -0.1) is 0 Å². The van der Waals surface area contributed by atoms with E-state index in [2.05, 4.69) is 16.8 Å². The molecule has 6 nitrogen and oxygen atoms in total. The molecule has 9 heteroatoms. The van der Waals surface area contributed by atoms with Crippen LogP contribution in [0.5, 0.6) is 5.75 Å². The number of aliphatic hydroxyl groups is 1.